The van der Waals surface area contributed by atoms with Crippen LogP contribution in [-0.2, 0) is 9.05 Å². The predicted molar refractivity (Wildman–Crippen MR) is 65.8 cm³/mol. The molecule has 0 N–H and O–H groups in total. The van der Waals surface area contributed by atoms with Gasteiger partial charge in [-0.15, -0.1) is 0 Å². The molecule has 0 radical (unpaired) electrons. The number of rotatable bonds is 4. The molecule has 17 heavy (non-hydrogen) atoms. The second kappa shape index (κ2) is 5.39. The van der Waals surface area contributed by atoms with Crippen LogP contribution in [0, 0.1) is 25.2 Å². The van der Waals surface area contributed by atoms with Crippen molar-refractivity contribution >= 4 is 19.7 Å². The number of nitriles is 1. The molecule has 1 aromatic rings. The maximum absolute atomic E-state index is 10.7. The van der Waals surface area contributed by atoms with Crippen LogP contribution >= 0.6 is 10.7 Å². The molecule has 4 nitrogen and oxygen atoms in total. The van der Waals surface area contributed by atoms with E-state index in [0.29, 0.717) is 11.3 Å². The van der Waals surface area contributed by atoms with Crippen LogP contribution in [0.5, 0.6) is 5.75 Å². The third kappa shape index (κ3) is 4.25. The van der Waals surface area contributed by atoms with Crippen LogP contribution in [0.2, 0.25) is 0 Å². The molecule has 1 rings (SSSR count). The second-order valence-corrected chi connectivity index (χ2v) is 6.54. The fourth-order valence-corrected chi connectivity index (χ4v) is 1.96. The maximum Gasteiger partial charge on any atom is 0.235 e. The first-order valence-corrected chi connectivity index (χ1v) is 7.38. The van der Waals surface area contributed by atoms with Crippen molar-refractivity contribution in [2.75, 3.05) is 12.4 Å². The monoisotopic (exact) mass is 273 g/mol. The highest BCUT2D eigenvalue weighted by Crippen LogP contribution is 2.24. The van der Waals surface area contributed by atoms with E-state index in [0.717, 1.165) is 11.1 Å². The van der Waals surface area contributed by atoms with Gasteiger partial charge in [-0.1, -0.05) is 0 Å². The molecule has 0 amide bonds. The first-order valence-electron chi connectivity index (χ1n) is 4.90. The topological polar surface area (TPSA) is 67.2 Å². The van der Waals surface area contributed by atoms with Gasteiger partial charge in [0.25, 0.3) is 0 Å². The number of benzene rings is 1. The summed E-state index contributed by atoms with van der Waals surface area (Å²) in [4.78, 5) is 0. The van der Waals surface area contributed by atoms with Crippen LogP contribution in [0.3, 0.4) is 0 Å². The zero-order valence-electron chi connectivity index (χ0n) is 9.53. The summed E-state index contributed by atoms with van der Waals surface area (Å²) in [5.74, 6) is 0.359. The van der Waals surface area contributed by atoms with Crippen LogP contribution in [0.1, 0.15) is 16.7 Å². The van der Waals surface area contributed by atoms with Crippen molar-refractivity contribution in [2.45, 2.75) is 13.8 Å². The Kier molecular flexibility index (Phi) is 4.38. The minimum Gasteiger partial charge on any atom is -0.492 e. The van der Waals surface area contributed by atoms with Gasteiger partial charge in [-0.3, -0.25) is 0 Å². The van der Waals surface area contributed by atoms with Gasteiger partial charge in [0.1, 0.15) is 12.4 Å². The zero-order valence-corrected chi connectivity index (χ0v) is 11.1. The third-order valence-corrected chi connectivity index (χ3v) is 3.28. The van der Waals surface area contributed by atoms with Crippen molar-refractivity contribution in [3.8, 4) is 11.8 Å². The fraction of sp³-hybridized carbons (Fsp3) is 0.364. The van der Waals surface area contributed by atoms with Crippen LogP contribution in [0.15, 0.2) is 12.1 Å². The van der Waals surface area contributed by atoms with Gasteiger partial charge in [-0.05, 0) is 37.1 Å². The first kappa shape index (κ1) is 13.8. The summed E-state index contributed by atoms with van der Waals surface area (Å²) in [7, 11) is 1.54. The molecular weight excluding hydrogens is 262 g/mol. The zero-order chi connectivity index (χ0) is 13.1. The Morgan fingerprint density at radius 1 is 1.35 bits per heavy atom. The van der Waals surface area contributed by atoms with Gasteiger partial charge in [0.2, 0.25) is 9.05 Å². The molecule has 0 saturated heterocycles. The van der Waals surface area contributed by atoms with Gasteiger partial charge in [-0.2, -0.15) is 5.26 Å². The molecule has 92 valence electrons. The average Bonchev–Trinajstić information content (AvgIpc) is 2.20. The average molecular weight is 274 g/mol. The van der Waals surface area contributed by atoms with E-state index in [1.54, 1.807) is 26.0 Å². The highest BCUT2D eigenvalue weighted by atomic mass is 35.7. The van der Waals surface area contributed by atoms with Crippen LogP contribution < -0.4 is 4.74 Å². The number of hydrogen-bond acceptors (Lipinski definition) is 4. The third-order valence-electron chi connectivity index (χ3n) is 2.16. The largest absolute Gasteiger partial charge is 0.492 e. The number of halogens is 1. The van der Waals surface area contributed by atoms with Gasteiger partial charge in [0.15, 0.2) is 0 Å². The molecule has 0 spiro atoms. The van der Waals surface area contributed by atoms with E-state index in [2.05, 4.69) is 0 Å². The minimum atomic E-state index is -3.54. The lowest BCUT2D eigenvalue weighted by molar-refractivity contribution is 0.337. The molecule has 0 aromatic heterocycles. The Hall–Kier alpha value is -1.25. The highest BCUT2D eigenvalue weighted by molar-refractivity contribution is 8.13. The molecule has 0 saturated carbocycles. The van der Waals surface area contributed by atoms with Crippen molar-refractivity contribution in [1.29, 1.82) is 5.26 Å². The van der Waals surface area contributed by atoms with Gasteiger partial charge in [0, 0.05) is 10.7 Å². The van der Waals surface area contributed by atoms with E-state index in [-0.39, 0.29) is 12.4 Å². The quantitative estimate of drug-likeness (QED) is 0.788. The molecule has 6 heteroatoms. The molecule has 0 bridgehead atoms. The summed E-state index contributed by atoms with van der Waals surface area (Å²) in [5.41, 5.74) is 2.15. The number of aryl methyl sites for hydroxylation is 2. The van der Waals surface area contributed by atoms with Crippen LogP contribution in [-0.4, -0.2) is 20.8 Å². The molecule has 0 aliphatic rings. The molecule has 0 unspecified atom stereocenters. The molecule has 0 heterocycles. The highest BCUT2D eigenvalue weighted by Gasteiger charge is 2.09. The Bertz CT molecular complexity index is 538. The smallest absolute Gasteiger partial charge is 0.235 e. The summed E-state index contributed by atoms with van der Waals surface area (Å²) in [6, 6.07) is 5.43. The fourth-order valence-electron chi connectivity index (χ4n) is 1.49. The summed E-state index contributed by atoms with van der Waals surface area (Å²) >= 11 is 0. The van der Waals surface area contributed by atoms with Crippen molar-refractivity contribution in [3.05, 3.63) is 28.8 Å². The van der Waals surface area contributed by atoms with Crippen molar-refractivity contribution in [2.24, 2.45) is 0 Å². The maximum atomic E-state index is 10.7. The van der Waals surface area contributed by atoms with Crippen molar-refractivity contribution in [1.82, 2.24) is 0 Å². The van der Waals surface area contributed by atoms with E-state index in [4.69, 9.17) is 20.7 Å². The molecule has 0 aliphatic carbocycles. The van der Waals surface area contributed by atoms with Crippen LogP contribution in [0.25, 0.3) is 0 Å². The van der Waals surface area contributed by atoms with Gasteiger partial charge in [-0.25, -0.2) is 8.42 Å². The standard InChI is InChI=1S/C11H12ClNO3S/c1-8-5-10(7-13)6-9(2)11(8)16-3-4-17(12,14)15/h5-6H,3-4H2,1-2H3. The summed E-state index contributed by atoms with van der Waals surface area (Å²) in [6.45, 7) is 3.61. The first-order chi connectivity index (χ1) is 7.83. The summed E-state index contributed by atoms with van der Waals surface area (Å²) in [5, 5.41) is 8.77. The second-order valence-electron chi connectivity index (χ2n) is 3.64. The van der Waals surface area contributed by atoms with Gasteiger partial charge >= 0.3 is 0 Å². The lowest BCUT2D eigenvalue weighted by atomic mass is 10.1. The van der Waals surface area contributed by atoms with Crippen molar-refractivity contribution in [3.63, 3.8) is 0 Å². The predicted octanol–water partition coefficient (Wildman–Crippen LogP) is 2.12. The van der Waals surface area contributed by atoms with Gasteiger partial charge in [0.05, 0.1) is 17.4 Å². The Balaban J connectivity index is 2.83. The number of nitrogens with zero attached hydrogens (tertiary/aromatic N) is 1. The number of hydrogen-bond donors (Lipinski definition) is 0. The lowest BCUT2D eigenvalue weighted by Gasteiger charge is -2.11. The number of ether oxygens (including phenoxy) is 1. The van der Waals surface area contributed by atoms with Crippen molar-refractivity contribution < 1.29 is 13.2 Å². The Morgan fingerprint density at radius 2 is 1.88 bits per heavy atom. The molecule has 0 fully saturated rings. The van der Waals surface area contributed by atoms with E-state index in [1.807, 2.05) is 6.07 Å². The molecule has 0 atom stereocenters. The lowest BCUT2D eigenvalue weighted by Crippen LogP contribution is -2.10. The van der Waals surface area contributed by atoms with Gasteiger partial charge < -0.3 is 4.74 Å². The van der Waals surface area contributed by atoms with E-state index >= 15 is 0 Å². The Labute approximate surface area is 105 Å². The SMILES string of the molecule is Cc1cc(C#N)cc(C)c1OCCS(=O)(=O)Cl. The minimum absolute atomic E-state index is 0.000582. The summed E-state index contributed by atoms with van der Waals surface area (Å²) < 4.78 is 26.8. The normalized spacial score (nSPS) is 10.9. The molecule has 1 aromatic carbocycles. The summed E-state index contributed by atoms with van der Waals surface area (Å²) in [6.07, 6.45) is 0. The Morgan fingerprint density at radius 3 is 2.29 bits per heavy atom. The van der Waals surface area contributed by atoms with E-state index < -0.39 is 9.05 Å². The van der Waals surface area contributed by atoms with E-state index in [1.165, 1.54) is 0 Å². The van der Waals surface area contributed by atoms with E-state index in [9.17, 15) is 8.42 Å². The molecular formula is C11H12ClNO3S. The molecule has 0 aliphatic heterocycles. The van der Waals surface area contributed by atoms with Crippen LogP contribution in [0.4, 0.5) is 0 Å².